The summed E-state index contributed by atoms with van der Waals surface area (Å²) in [6, 6.07) is 20.7. The highest BCUT2D eigenvalue weighted by Crippen LogP contribution is 2.41. The summed E-state index contributed by atoms with van der Waals surface area (Å²) in [5.74, 6) is 0. The van der Waals surface area contributed by atoms with Crippen LogP contribution >= 0.6 is 0 Å². The Hall–Kier alpha value is -2.53. The average Bonchev–Trinajstić information content (AvgIpc) is 2.76. The molecule has 0 bridgehead atoms. The molecule has 3 aromatic rings. The summed E-state index contributed by atoms with van der Waals surface area (Å²) in [5.41, 5.74) is 1.88. The first-order valence-corrected chi connectivity index (χ1v) is 8.00. The molecule has 0 atom stereocenters. The first-order valence-electron chi connectivity index (χ1n) is 6.56. The second kappa shape index (κ2) is 4.23. The minimum atomic E-state index is -3.58. The Morgan fingerprint density at radius 2 is 1.52 bits per heavy atom. The Kier molecular flexibility index (Phi) is 2.46. The van der Waals surface area contributed by atoms with Gasteiger partial charge in [-0.1, -0.05) is 42.5 Å². The summed E-state index contributed by atoms with van der Waals surface area (Å²) in [6.45, 7) is 0. The number of rotatable bonds is 1. The van der Waals surface area contributed by atoms with Crippen molar-refractivity contribution < 1.29 is 8.42 Å². The molecule has 3 aromatic carbocycles. The Bertz CT molecular complexity index is 951. The van der Waals surface area contributed by atoms with E-state index in [0.717, 1.165) is 10.8 Å². The number of nitrogens with one attached hydrogen (secondary N) is 1. The Morgan fingerprint density at radius 3 is 2.38 bits per heavy atom. The third kappa shape index (κ3) is 1.86. The van der Waals surface area contributed by atoms with Gasteiger partial charge < -0.3 is 0 Å². The van der Waals surface area contributed by atoms with Gasteiger partial charge in [0.05, 0.1) is 17.1 Å². The zero-order valence-electron chi connectivity index (χ0n) is 11.0. The normalized spacial score (nSPS) is 15.7. The summed E-state index contributed by atoms with van der Waals surface area (Å²) in [7, 11) is -3.58. The van der Waals surface area contributed by atoms with Gasteiger partial charge in [-0.25, -0.2) is 4.31 Å². The van der Waals surface area contributed by atoms with Crippen LogP contribution in [0.15, 0.2) is 66.7 Å². The number of benzene rings is 3. The Morgan fingerprint density at radius 1 is 0.810 bits per heavy atom. The lowest BCUT2D eigenvalue weighted by molar-refractivity contribution is 0.603. The second-order valence-corrected chi connectivity index (χ2v) is 6.44. The third-order valence-electron chi connectivity index (χ3n) is 3.57. The van der Waals surface area contributed by atoms with Gasteiger partial charge in [0.2, 0.25) is 0 Å². The molecule has 0 aromatic heterocycles. The number of para-hydroxylation sites is 2. The molecule has 0 spiro atoms. The minimum Gasteiger partial charge on any atom is -0.264 e. The van der Waals surface area contributed by atoms with Crippen LogP contribution in [0.5, 0.6) is 0 Å². The molecule has 4 nitrogen and oxygen atoms in total. The first kappa shape index (κ1) is 12.2. The van der Waals surface area contributed by atoms with Crippen LogP contribution in [0, 0.1) is 0 Å². The number of fused-ring (bicyclic) bond motifs is 2. The summed E-state index contributed by atoms with van der Waals surface area (Å²) in [5, 5.41) is 2.09. The molecule has 0 fully saturated rings. The summed E-state index contributed by atoms with van der Waals surface area (Å²) >= 11 is 0. The van der Waals surface area contributed by atoms with Crippen LogP contribution in [0.4, 0.5) is 17.1 Å². The average molecular weight is 296 g/mol. The molecule has 21 heavy (non-hydrogen) atoms. The fourth-order valence-electron chi connectivity index (χ4n) is 2.63. The zero-order chi connectivity index (χ0) is 14.4. The van der Waals surface area contributed by atoms with Crippen LogP contribution in [0.3, 0.4) is 0 Å². The van der Waals surface area contributed by atoms with Crippen LogP contribution in [-0.4, -0.2) is 8.42 Å². The van der Waals surface area contributed by atoms with E-state index in [1.807, 2.05) is 54.6 Å². The minimum absolute atomic E-state index is 0.602. The maximum Gasteiger partial charge on any atom is 0.328 e. The van der Waals surface area contributed by atoms with Crippen LogP contribution in [0.2, 0.25) is 0 Å². The molecule has 0 radical (unpaired) electrons. The SMILES string of the molecule is O=S1(=O)Nc2ccccc2N1c1ccc2ccccc2c1. The molecule has 1 heterocycles. The third-order valence-corrected chi connectivity index (χ3v) is 4.94. The monoisotopic (exact) mass is 296 g/mol. The van der Waals surface area contributed by atoms with Crippen LogP contribution in [0.1, 0.15) is 0 Å². The molecule has 4 rings (SSSR count). The van der Waals surface area contributed by atoms with Crippen molar-refractivity contribution >= 4 is 38.0 Å². The van der Waals surface area contributed by atoms with Crippen molar-refractivity contribution in [3.63, 3.8) is 0 Å². The standard InChI is InChI=1S/C16H12N2O2S/c19-21(20)17-15-7-3-4-8-16(15)18(21)14-10-9-12-5-1-2-6-13(12)11-14/h1-11,17H. The summed E-state index contributed by atoms with van der Waals surface area (Å²) < 4.78 is 28.7. The number of nitrogens with zero attached hydrogens (tertiary/aromatic N) is 1. The predicted molar refractivity (Wildman–Crippen MR) is 85.1 cm³/mol. The highest BCUT2D eigenvalue weighted by molar-refractivity contribution is 7.95. The molecular weight excluding hydrogens is 284 g/mol. The van der Waals surface area contributed by atoms with Gasteiger partial charge in [0.1, 0.15) is 0 Å². The molecular formula is C16H12N2O2S. The lowest BCUT2D eigenvalue weighted by Crippen LogP contribution is -2.25. The molecule has 1 N–H and O–H groups in total. The Balaban J connectivity index is 1.95. The maximum absolute atomic E-state index is 12.4. The summed E-state index contributed by atoms with van der Waals surface area (Å²) in [6.07, 6.45) is 0. The van der Waals surface area contributed by atoms with Crippen molar-refractivity contribution in [1.82, 2.24) is 0 Å². The van der Waals surface area contributed by atoms with Crippen LogP contribution in [0.25, 0.3) is 10.8 Å². The van der Waals surface area contributed by atoms with E-state index in [2.05, 4.69) is 4.72 Å². The number of hydrogen-bond acceptors (Lipinski definition) is 2. The van der Waals surface area contributed by atoms with E-state index in [-0.39, 0.29) is 0 Å². The lowest BCUT2D eigenvalue weighted by Gasteiger charge is -2.17. The van der Waals surface area contributed by atoms with Crippen molar-refractivity contribution in [2.24, 2.45) is 0 Å². The van der Waals surface area contributed by atoms with Crippen molar-refractivity contribution in [2.75, 3.05) is 9.03 Å². The molecule has 0 unspecified atom stereocenters. The fourth-order valence-corrected chi connectivity index (χ4v) is 3.98. The van der Waals surface area contributed by atoms with Crippen molar-refractivity contribution in [2.45, 2.75) is 0 Å². The van der Waals surface area contributed by atoms with Crippen molar-refractivity contribution in [1.29, 1.82) is 0 Å². The van der Waals surface area contributed by atoms with Crippen LogP contribution in [-0.2, 0) is 10.2 Å². The van der Waals surface area contributed by atoms with Gasteiger partial charge in [-0.15, -0.1) is 0 Å². The zero-order valence-corrected chi connectivity index (χ0v) is 11.8. The largest absolute Gasteiger partial charge is 0.328 e. The van der Waals surface area contributed by atoms with Gasteiger partial charge in [-0.05, 0) is 35.0 Å². The van der Waals surface area contributed by atoms with Gasteiger partial charge in [0.25, 0.3) is 0 Å². The highest BCUT2D eigenvalue weighted by Gasteiger charge is 2.33. The molecule has 0 amide bonds. The molecule has 5 heteroatoms. The van der Waals surface area contributed by atoms with E-state index in [1.54, 1.807) is 12.1 Å². The molecule has 1 aliphatic heterocycles. The van der Waals surface area contributed by atoms with Gasteiger partial charge in [0.15, 0.2) is 0 Å². The molecule has 0 aliphatic carbocycles. The maximum atomic E-state index is 12.4. The van der Waals surface area contributed by atoms with E-state index in [1.165, 1.54) is 4.31 Å². The fraction of sp³-hybridized carbons (Fsp3) is 0. The Labute approximate surface area is 122 Å². The van der Waals surface area contributed by atoms with Crippen LogP contribution < -0.4 is 9.03 Å². The molecule has 1 aliphatic rings. The number of hydrogen-bond donors (Lipinski definition) is 1. The molecule has 0 saturated heterocycles. The highest BCUT2D eigenvalue weighted by atomic mass is 32.2. The molecule has 0 saturated carbocycles. The van der Waals surface area contributed by atoms with E-state index in [9.17, 15) is 8.42 Å². The smallest absolute Gasteiger partial charge is 0.264 e. The van der Waals surface area contributed by atoms with Crippen molar-refractivity contribution in [3.8, 4) is 0 Å². The van der Waals surface area contributed by atoms with E-state index >= 15 is 0 Å². The molecule has 104 valence electrons. The number of anilines is 3. The van der Waals surface area contributed by atoms with E-state index < -0.39 is 10.2 Å². The summed E-state index contributed by atoms with van der Waals surface area (Å²) in [4.78, 5) is 0. The second-order valence-electron chi connectivity index (χ2n) is 4.92. The van der Waals surface area contributed by atoms with E-state index in [0.29, 0.717) is 17.1 Å². The van der Waals surface area contributed by atoms with Gasteiger partial charge in [0, 0.05) is 0 Å². The first-order chi connectivity index (χ1) is 10.1. The van der Waals surface area contributed by atoms with Gasteiger partial charge >= 0.3 is 10.2 Å². The van der Waals surface area contributed by atoms with Gasteiger partial charge in [-0.3, -0.25) is 4.72 Å². The topological polar surface area (TPSA) is 49.4 Å². The lowest BCUT2D eigenvalue weighted by atomic mass is 10.1. The van der Waals surface area contributed by atoms with Crippen molar-refractivity contribution in [3.05, 3.63) is 66.7 Å². The predicted octanol–water partition coefficient (Wildman–Crippen LogP) is 3.65. The van der Waals surface area contributed by atoms with E-state index in [4.69, 9.17) is 0 Å². The quantitative estimate of drug-likeness (QED) is 0.745. The van der Waals surface area contributed by atoms with Gasteiger partial charge in [-0.2, -0.15) is 8.42 Å².